The molecule has 0 atom stereocenters. The molecule has 3 N–H and O–H groups in total. The summed E-state index contributed by atoms with van der Waals surface area (Å²) in [4.78, 5) is 34.1. The lowest BCUT2D eigenvalue weighted by Gasteiger charge is -2.35. The maximum absolute atomic E-state index is 12.7. The first kappa shape index (κ1) is 20.2. The van der Waals surface area contributed by atoms with Gasteiger partial charge < -0.3 is 15.2 Å². The molecule has 0 saturated heterocycles. The molecule has 1 aliphatic rings. The Kier molecular flexibility index (Phi) is 5.91. The number of aliphatic hydroxyl groups excluding tert-OH is 1. The van der Waals surface area contributed by atoms with Crippen LogP contribution in [0.15, 0.2) is 41.2 Å². The zero-order valence-corrected chi connectivity index (χ0v) is 16.6. The summed E-state index contributed by atoms with van der Waals surface area (Å²) in [5.41, 5.74) is 0.0183. The second-order valence-corrected chi connectivity index (χ2v) is 7.48. The monoisotopic (exact) mass is 411 g/mol. The van der Waals surface area contributed by atoms with Gasteiger partial charge >= 0.3 is 0 Å². The molecule has 4 rings (SSSR count). The molecule has 0 aliphatic heterocycles. The number of nitrogens with one attached hydrogen (secondary N) is 2. The van der Waals surface area contributed by atoms with E-state index < -0.39 is 5.60 Å². The maximum Gasteiger partial charge on any atom is 0.274 e. The van der Waals surface area contributed by atoms with Gasteiger partial charge in [0, 0.05) is 18.2 Å². The van der Waals surface area contributed by atoms with E-state index in [1.165, 1.54) is 10.6 Å². The van der Waals surface area contributed by atoms with Crippen molar-refractivity contribution >= 4 is 11.7 Å². The van der Waals surface area contributed by atoms with Crippen LogP contribution in [0, 0.1) is 0 Å². The van der Waals surface area contributed by atoms with Crippen LogP contribution in [-0.2, 0) is 16.1 Å². The fourth-order valence-corrected chi connectivity index (χ4v) is 3.83. The van der Waals surface area contributed by atoms with Crippen molar-refractivity contribution in [2.45, 2.75) is 44.3 Å². The van der Waals surface area contributed by atoms with Crippen LogP contribution >= 0.6 is 0 Å². The van der Waals surface area contributed by atoms with Crippen LogP contribution in [0.4, 0.5) is 0 Å². The summed E-state index contributed by atoms with van der Waals surface area (Å²) in [6, 6.07) is 10.9. The number of amides is 1. The van der Waals surface area contributed by atoms with Gasteiger partial charge in [-0.2, -0.15) is 9.50 Å². The summed E-state index contributed by atoms with van der Waals surface area (Å²) >= 11 is 0. The summed E-state index contributed by atoms with van der Waals surface area (Å²) in [5, 5.41) is 14.7. The first-order valence-electron chi connectivity index (χ1n) is 10.2. The molecule has 2 aromatic heterocycles. The van der Waals surface area contributed by atoms with E-state index in [0.717, 1.165) is 24.8 Å². The number of nitrogens with zero attached hydrogens (tertiary/aromatic N) is 3. The second-order valence-electron chi connectivity index (χ2n) is 7.48. The Morgan fingerprint density at radius 2 is 1.97 bits per heavy atom. The SMILES string of the molecule is O=C(NCCO)C1(OCc2cc(=O)n3[nH]c(-c4ccccc4)nc3n2)CCCCC1. The number of benzene rings is 1. The molecule has 9 heteroatoms. The number of hydrogen-bond donors (Lipinski definition) is 3. The van der Waals surface area contributed by atoms with Crippen LogP contribution in [0.25, 0.3) is 17.2 Å². The van der Waals surface area contributed by atoms with Crippen molar-refractivity contribution in [2.24, 2.45) is 0 Å². The highest BCUT2D eigenvalue weighted by molar-refractivity contribution is 5.85. The number of carbonyl (C=O) groups excluding carboxylic acids is 1. The molecule has 1 fully saturated rings. The normalized spacial score (nSPS) is 15.9. The molecule has 0 radical (unpaired) electrons. The number of rotatable bonds is 7. The molecule has 0 spiro atoms. The number of aromatic nitrogens is 4. The van der Waals surface area contributed by atoms with Gasteiger partial charge in [0.2, 0.25) is 0 Å². The number of ether oxygens (including phenoxy) is 1. The van der Waals surface area contributed by atoms with Crippen molar-refractivity contribution in [3.63, 3.8) is 0 Å². The van der Waals surface area contributed by atoms with Crippen LogP contribution < -0.4 is 10.9 Å². The van der Waals surface area contributed by atoms with Crippen molar-refractivity contribution in [1.82, 2.24) is 24.9 Å². The summed E-state index contributed by atoms with van der Waals surface area (Å²) in [6.45, 7) is 0.0938. The van der Waals surface area contributed by atoms with Crippen LogP contribution in [-0.4, -0.2) is 49.3 Å². The van der Waals surface area contributed by atoms with Crippen molar-refractivity contribution in [3.05, 3.63) is 52.4 Å². The summed E-state index contributed by atoms with van der Waals surface area (Å²) < 4.78 is 7.36. The average molecular weight is 411 g/mol. The minimum Gasteiger partial charge on any atom is -0.395 e. The highest BCUT2D eigenvalue weighted by Gasteiger charge is 2.40. The average Bonchev–Trinajstić information content (AvgIpc) is 3.22. The van der Waals surface area contributed by atoms with E-state index in [9.17, 15) is 9.59 Å². The molecule has 158 valence electrons. The Balaban J connectivity index is 1.57. The molecule has 0 bridgehead atoms. The third-order valence-electron chi connectivity index (χ3n) is 5.40. The van der Waals surface area contributed by atoms with E-state index in [1.54, 1.807) is 0 Å². The number of fused-ring (bicyclic) bond motifs is 1. The van der Waals surface area contributed by atoms with Crippen molar-refractivity contribution in [2.75, 3.05) is 13.2 Å². The Morgan fingerprint density at radius 3 is 2.70 bits per heavy atom. The van der Waals surface area contributed by atoms with Crippen LogP contribution in [0.3, 0.4) is 0 Å². The van der Waals surface area contributed by atoms with Gasteiger partial charge in [-0.25, -0.2) is 4.98 Å². The fourth-order valence-electron chi connectivity index (χ4n) is 3.83. The number of H-pyrrole nitrogens is 1. The van der Waals surface area contributed by atoms with Crippen LogP contribution in [0.2, 0.25) is 0 Å². The number of hydrogen-bond acceptors (Lipinski definition) is 6. The lowest BCUT2D eigenvalue weighted by Crippen LogP contribution is -2.50. The minimum absolute atomic E-state index is 0.0335. The Hall–Kier alpha value is -3.04. The van der Waals surface area contributed by atoms with Crippen molar-refractivity contribution in [1.29, 1.82) is 0 Å². The van der Waals surface area contributed by atoms with E-state index in [-0.39, 0.29) is 37.0 Å². The Bertz CT molecular complexity index is 1070. The number of aromatic amines is 1. The largest absolute Gasteiger partial charge is 0.395 e. The molecule has 1 saturated carbocycles. The molecule has 3 aromatic rings. The van der Waals surface area contributed by atoms with Gasteiger partial charge in [0.25, 0.3) is 17.2 Å². The zero-order valence-electron chi connectivity index (χ0n) is 16.6. The lowest BCUT2D eigenvalue weighted by molar-refractivity contribution is -0.154. The maximum atomic E-state index is 12.7. The lowest BCUT2D eigenvalue weighted by atomic mass is 9.83. The highest BCUT2D eigenvalue weighted by Crippen LogP contribution is 2.32. The smallest absolute Gasteiger partial charge is 0.274 e. The summed E-state index contributed by atoms with van der Waals surface area (Å²) in [7, 11) is 0. The molecule has 1 amide bonds. The van der Waals surface area contributed by atoms with E-state index in [2.05, 4.69) is 20.4 Å². The van der Waals surface area contributed by atoms with Gasteiger partial charge in [-0.15, -0.1) is 0 Å². The molecule has 9 nitrogen and oxygen atoms in total. The first-order chi connectivity index (χ1) is 14.6. The number of aliphatic hydroxyl groups is 1. The zero-order chi connectivity index (χ0) is 21.0. The van der Waals surface area contributed by atoms with Gasteiger partial charge in [-0.05, 0) is 12.8 Å². The minimum atomic E-state index is -0.957. The third-order valence-corrected chi connectivity index (χ3v) is 5.40. The molecule has 0 unspecified atom stereocenters. The van der Waals surface area contributed by atoms with Gasteiger partial charge in [0.1, 0.15) is 5.60 Å². The van der Waals surface area contributed by atoms with Gasteiger partial charge in [-0.1, -0.05) is 49.6 Å². The van der Waals surface area contributed by atoms with Crippen LogP contribution in [0.5, 0.6) is 0 Å². The van der Waals surface area contributed by atoms with Gasteiger partial charge in [0.15, 0.2) is 5.82 Å². The van der Waals surface area contributed by atoms with E-state index in [4.69, 9.17) is 9.84 Å². The standard InChI is InChI=1S/C21H25N5O4/c27-12-11-22-19(29)21(9-5-2-6-10-21)30-14-16-13-17(28)26-20(23-16)24-18(25-26)15-7-3-1-4-8-15/h1,3-4,7-8,13,27H,2,5-6,9-12,14H2,(H,22,29)(H,23,24,25). The van der Waals surface area contributed by atoms with Crippen molar-refractivity contribution in [3.8, 4) is 11.4 Å². The van der Waals surface area contributed by atoms with Gasteiger partial charge in [0.05, 0.1) is 18.9 Å². The molecular weight excluding hydrogens is 386 g/mol. The van der Waals surface area contributed by atoms with Crippen molar-refractivity contribution < 1.29 is 14.6 Å². The van der Waals surface area contributed by atoms with Gasteiger partial charge in [-0.3, -0.25) is 14.7 Å². The molecule has 2 heterocycles. The quantitative estimate of drug-likeness (QED) is 0.540. The third kappa shape index (κ3) is 4.12. The highest BCUT2D eigenvalue weighted by atomic mass is 16.5. The second kappa shape index (κ2) is 8.76. The molecule has 1 aliphatic carbocycles. The Morgan fingerprint density at radius 1 is 1.20 bits per heavy atom. The molecule has 30 heavy (non-hydrogen) atoms. The van der Waals surface area contributed by atoms with E-state index in [0.29, 0.717) is 24.4 Å². The predicted octanol–water partition coefficient (Wildman–Crippen LogP) is 1.41. The molecular formula is C21H25N5O4. The van der Waals surface area contributed by atoms with Crippen LogP contribution in [0.1, 0.15) is 37.8 Å². The predicted molar refractivity (Wildman–Crippen MR) is 110 cm³/mol. The first-order valence-corrected chi connectivity index (χ1v) is 10.2. The summed E-state index contributed by atoms with van der Waals surface area (Å²) in [5.74, 6) is 0.577. The topological polar surface area (TPSA) is 122 Å². The summed E-state index contributed by atoms with van der Waals surface area (Å²) in [6.07, 6.45) is 4.04. The van der Waals surface area contributed by atoms with E-state index >= 15 is 0 Å². The molecule has 1 aromatic carbocycles. The van der Waals surface area contributed by atoms with E-state index in [1.807, 2.05) is 30.3 Å². The Labute approximate surface area is 173 Å². The fraction of sp³-hybridized carbons (Fsp3) is 0.429. The number of carbonyl (C=O) groups is 1.